The Morgan fingerprint density at radius 3 is 2.65 bits per heavy atom. The van der Waals surface area contributed by atoms with Crippen molar-refractivity contribution in [2.24, 2.45) is 0 Å². The smallest absolute Gasteiger partial charge is 0.389 e. The molecule has 1 rings (SSSR count). The van der Waals surface area contributed by atoms with Crippen LogP contribution in [0.4, 0.5) is 13.2 Å². The quantitative estimate of drug-likeness (QED) is 0.764. The molecule has 1 aromatic heterocycles. The van der Waals surface area contributed by atoms with Gasteiger partial charge in [-0.1, -0.05) is 0 Å². The van der Waals surface area contributed by atoms with E-state index in [-0.39, 0.29) is 6.42 Å². The number of nitrogens with one attached hydrogen (secondary N) is 1. The Balaban J connectivity index is 2.13. The van der Waals surface area contributed by atoms with Crippen molar-refractivity contribution < 1.29 is 17.6 Å². The third-order valence-corrected chi connectivity index (χ3v) is 2.69. The Morgan fingerprint density at radius 2 is 2.00 bits per heavy atom. The monoisotopic (exact) mass is 267 g/mol. The lowest BCUT2D eigenvalue weighted by molar-refractivity contribution is -0.135. The van der Waals surface area contributed by atoms with Crippen molar-refractivity contribution in [1.82, 2.24) is 5.32 Å². The molecule has 0 unspecified atom stereocenters. The highest BCUT2D eigenvalue weighted by Crippen LogP contribution is 2.20. The molecule has 0 radical (unpaired) electrons. The highest BCUT2D eigenvalue weighted by atomic mass is 32.2. The summed E-state index contributed by atoms with van der Waals surface area (Å²) < 4.78 is 41.0. The molecule has 17 heavy (non-hydrogen) atoms. The molecule has 2 nitrogen and oxygen atoms in total. The average Bonchev–Trinajstić information content (AvgIpc) is 2.64. The second-order valence-electron chi connectivity index (χ2n) is 3.70. The zero-order valence-corrected chi connectivity index (χ0v) is 10.5. The van der Waals surface area contributed by atoms with E-state index in [4.69, 9.17) is 4.42 Å². The molecule has 0 atom stereocenters. The molecule has 0 fully saturated rings. The maximum Gasteiger partial charge on any atom is 0.389 e. The van der Waals surface area contributed by atoms with Gasteiger partial charge >= 0.3 is 6.18 Å². The largest absolute Gasteiger partial charge is 0.464 e. The van der Waals surface area contributed by atoms with Crippen LogP contribution in [0.1, 0.15) is 24.4 Å². The van der Waals surface area contributed by atoms with Gasteiger partial charge in [-0.05, 0) is 31.4 Å². The minimum atomic E-state index is -4.06. The highest BCUT2D eigenvalue weighted by molar-refractivity contribution is 7.97. The first-order chi connectivity index (χ1) is 8.01. The van der Waals surface area contributed by atoms with Gasteiger partial charge in [0.15, 0.2) is 0 Å². The average molecular weight is 267 g/mol. The van der Waals surface area contributed by atoms with Crippen LogP contribution < -0.4 is 5.32 Å². The first kappa shape index (κ1) is 14.4. The Morgan fingerprint density at radius 1 is 1.29 bits per heavy atom. The van der Waals surface area contributed by atoms with E-state index in [0.717, 1.165) is 17.3 Å². The number of halogens is 3. The minimum absolute atomic E-state index is 0.0991. The first-order valence-electron chi connectivity index (χ1n) is 5.35. The molecule has 1 heterocycles. The number of furan rings is 1. The third-order valence-electron chi connectivity index (χ3n) is 2.12. The molecule has 0 bridgehead atoms. The summed E-state index contributed by atoms with van der Waals surface area (Å²) in [4.78, 5) is 0. The van der Waals surface area contributed by atoms with Gasteiger partial charge in [-0.25, -0.2) is 0 Å². The van der Waals surface area contributed by atoms with E-state index in [1.807, 2.05) is 18.4 Å². The van der Waals surface area contributed by atoms with E-state index in [9.17, 15) is 13.2 Å². The predicted octanol–water partition coefficient (Wildman–Crippen LogP) is 3.57. The molecular weight excluding hydrogens is 251 g/mol. The predicted molar refractivity (Wildman–Crippen MR) is 62.9 cm³/mol. The van der Waals surface area contributed by atoms with Gasteiger partial charge in [-0.3, -0.25) is 0 Å². The molecule has 6 heteroatoms. The van der Waals surface area contributed by atoms with Gasteiger partial charge in [0.2, 0.25) is 0 Å². The van der Waals surface area contributed by atoms with E-state index >= 15 is 0 Å². The van der Waals surface area contributed by atoms with Crippen LogP contribution in [-0.2, 0) is 12.3 Å². The Bertz CT molecular complexity index is 325. The van der Waals surface area contributed by atoms with E-state index in [1.165, 1.54) is 0 Å². The van der Waals surface area contributed by atoms with E-state index in [1.54, 1.807) is 11.8 Å². The maximum absolute atomic E-state index is 11.8. The van der Waals surface area contributed by atoms with E-state index in [2.05, 4.69) is 5.32 Å². The fourth-order valence-electron chi connectivity index (χ4n) is 1.36. The van der Waals surface area contributed by atoms with Gasteiger partial charge in [0.25, 0.3) is 0 Å². The molecular formula is C11H16F3NOS. The maximum atomic E-state index is 11.8. The summed E-state index contributed by atoms with van der Waals surface area (Å²) in [6, 6.07) is 3.74. The van der Waals surface area contributed by atoms with Crippen molar-refractivity contribution in [2.45, 2.75) is 31.3 Å². The Hall–Kier alpha value is -0.620. The van der Waals surface area contributed by atoms with E-state index in [0.29, 0.717) is 13.1 Å². The minimum Gasteiger partial charge on any atom is -0.464 e. The van der Waals surface area contributed by atoms with Gasteiger partial charge in [0.1, 0.15) is 11.5 Å². The number of rotatable bonds is 7. The van der Waals surface area contributed by atoms with Crippen molar-refractivity contribution in [3.63, 3.8) is 0 Å². The Kier molecular flexibility index (Phi) is 5.91. The summed E-state index contributed by atoms with van der Waals surface area (Å²) in [5.41, 5.74) is 0. The van der Waals surface area contributed by atoms with Gasteiger partial charge in [-0.15, -0.1) is 0 Å². The lowest BCUT2D eigenvalue weighted by atomic mass is 10.3. The van der Waals surface area contributed by atoms with Crippen molar-refractivity contribution in [3.05, 3.63) is 23.7 Å². The van der Waals surface area contributed by atoms with Gasteiger partial charge in [-0.2, -0.15) is 24.9 Å². The summed E-state index contributed by atoms with van der Waals surface area (Å²) in [6.07, 6.45) is -2.72. The van der Waals surface area contributed by atoms with Crippen LogP contribution in [0.25, 0.3) is 0 Å². The number of hydrogen-bond acceptors (Lipinski definition) is 3. The van der Waals surface area contributed by atoms with E-state index < -0.39 is 12.6 Å². The molecule has 98 valence electrons. The third kappa shape index (κ3) is 6.63. The highest BCUT2D eigenvalue weighted by Gasteiger charge is 2.25. The molecule has 1 N–H and O–H groups in total. The van der Waals surface area contributed by atoms with Crippen LogP contribution in [0.3, 0.4) is 0 Å². The van der Waals surface area contributed by atoms with Gasteiger partial charge < -0.3 is 9.73 Å². The second-order valence-corrected chi connectivity index (χ2v) is 4.56. The van der Waals surface area contributed by atoms with Crippen molar-refractivity contribution in [1.29, 1.82) is 0 Å². The van der Waals surface area contributed by atoms with Crippen molar-refractivity contribution in [3.8, 4) is 0 Å². The fraction of sp³-hybridized carbons (Fsp3) is 0.636. The van der Waals surface area contributed by atoms with Crippen LogP contribution in [-0.4, -0.2) is 19.0 Å². The van der Waals surface area contributed by atoms with Gasteiger partial charge in [0, 0.05) is 6.42 Å². The SMILES string of the molecule is CSCc1ccc(CNCCCC(F)(F)F)o1. The normalized spacial score (nSPS) is 12.0. The lowest BCUT2D eigenvalue weighted by Crippen LogP contribution is -2.17. The van der Waals surface area contributed by atoms with Crippen LogP contribution in [0.2, 0.25) is 0 Å². The van der Waals surface area contributed by atoms with Gasteiger partial charge in [0.05, 0.1) is 12.3 Å². The molecule has 1 aromatic rings. The summed E-state index contributed by atoms with van der Waals surface area (Å²) in [7, 11) is 0. The molecule has 0 saturated heterocycles. The Labute approximate surface area is 103 Å². The molecule has 0 amide bonds. The summed E-state index contributed by atoms with van der Waals surface area (Å²) in [6.45, 7) is 0.824. The van der Waals surface area contributed by atoms with Crippen molar-refractivity contribution in [2.75, 3.05) is 12.8 Å². The topological polar surface area (TPSA) is 25.2 Å². The first-order valence-corrected chi connectivity index (χ1v) is 6.74. The lowest BCUT2D eigenvalue weighted by Gasteiger charge is -2.06. The van der Waals surface area contributed by atoms with Crippen LogP contribution in [0.15, 0.2) is 16.5 Å². The molecule has 0 aliphatic heterocycles. The zero-order valence-electron chi connectivity index (χ0n) is 9.64. The second kappa shape index (κ2) is 6.96. The molecule has 0 spiro atoms. The van der Waals surface area contributed by atoms with Crippen LogP contribution >= 0.6 is 11.8 Å². The standard InChI is InChI=1S/C11H16F3NOS/c1-17-8-10-4-3-9(16-10)7-15-6-2-5-11(12,13)14/h3-4,15H,2,5-8H2,1H3. The van der Waals surface area contributed by atoms with Crippen molar-refractivity contribution >= 4 is 11.8 Å². The fourth-order valence-corrected chi connectivity index (χ4v) is 1.80. The zero-order chi connectivity index (χ0) is 12.7. The summed E-state index contributed by atoms with van der Waals surface area (Å²) in [5.74, 6) is 2.47. The number of hydrogen-bond donors (Lipinski definition) is 1. The summed E-state index contributed by atoms with van der Waals surface area (Å²) in [5, 5.41) is 2.93. The number of thioether (sulfide) groups is 1. The summed E-state index contributed by atoms with van der Waals surface area (Å²) >= 11 is 1.66. The molecule has 0 aliphatic rings. The van der Waals surface area contributed by atoms with Crippen LogP contribution in [0.5, 0.6) is 0 Å². The van der Waals surface area contributed by atoms with Crippen LogP contribution in [0, 0.1) is 0 Å². The molecule has 0 aromatic carbocycles. The molecule has 0 saturated carbocycles. The number of alkyl halides is 3. The molecule has 0 aliphatic carbocycles.